The summed E-state index contributed by atoms with van der Waals surface area (Å²) in [5.74, 6) is 0.441. The second-order valence-electron chi connectivity index (χ2n) is 9.96. The van der Waals surface area contributed by atoms with Gasteiger partial charge in [0.1, 0.15) is 0 Å². The third-order valence-corrected chi connectivity index (χ3v) is 7.44. The van der Waals surface area contributed by atoms with Gasteiger partial charge in [-0.3, -0.25) is 9.59 Å². The third kappa shape index (κ3) is 6.48. The Balaban J connectivity index is 1.33. The molecule has 4 amide bonds. The summed E-state index contributed by atoms with van der Waals surface area (Å²) in [4.78, 5) is 41.7. The Hall–Kier alpha value is -3.86. The van der Waals surface area contributed by atoms with E-state index in [2.05, 4.69) is 16.7 Å². The molecule has 2 saturated heterocycles. The number of aryl methyl sites for hydroxylation is 1. The van der Waals surface area contributed by atoms with Crippen molar-refractivity contribution in [3.63, 3.8) is 0 Å². The highest BCUT2D eigenvalue weighted by atomic mass is 16.2. The number of nitrogens with one attached hydrogen (secondary N) is 2. The minimum Gasteiger partial charge on any atom is -0.341 e. The lowest BCUT2D eigenvalue weighted by molar-refractivity contribution is -0.132. The first-order chi connectivity index (χ1) is 17.9. The Morgan fingerprint density at radius 3 is 2.41 bits per heavy atom. The molecule has 0 bridgehead atoms. The van der Waals surface area contributed by atoms with Crippen molar-refractivity contribution >= 4 is 23.5 Å². The van der Waals surface area contributed by atoms with E-state index < -0.39 is 0 Å². The topological polar surface area (TPSA) is 106 Å². The number of benzene rings is 2. The zero-order valence-corrected chi connectivity index (χ0v) is 21.6. The highest BCUT2D eigenvalue weighted by molar-refractivity contribution is 5.97. The molecule has 8 heteroatoms. The number of piperidine rings is 2. The quantitative estimate of drug-likeness (QED) is 0.633. The van der Waals surface area contributed by atoms with Crippen molar-refractivity contribution in [1.82, 2.24) is 15.1 Å². The van der Waals surface area contributed by atoms with Crippen LogP contribution in [0.3, 0.4) is 0 Å². The number of hydrogen-bond donors (Lipinski definition) is 2. The number of nitrogens with zero attached hydrogens (tertiary/aromatic N) is 3. The molecule has 0 aliphatic carbocycles. The van der Waals surface area contributed by atoms with Crippen LogP contribution in [-0.4, -0.2) is 59.9 Å². The molecule has 1 atom stereocenters. The standard InChI is InChI=1S/C29H35N5O3/c1-3-27(35)34-14-4-5-25(19-34)31-29(37)32-26-17-24(9-6-20(26)2)28(36)33-15-12-23(13-16-33)22-10-7-21(18-30)8-11-22/h6-11,17,23,25H,3-5,12-16,19H2,1-2H3,(H2,31,32,37). The van der Waals surface area contributed by atoms with E-state index in [4.69, 9.17) is 5.26 Å². The van der Waals surface area contributed by atoms with E-state index in [-0.39, 0.29) is 23.9 Å². The Morgan fingerprint density at radius 2 is 1.73 bits per heavy atom. The molecule has 2 fully saturated rings. The molecule has 4 rings (SSSR count). The summed E-state index contributed by atoms with van der Waals surface area (Å²) in [6, 6.07) is 14.9. The summed E-state index contributed by atoms with van der Waals surface area (Å²) in [5.41, 5.74) is 3.89. The molecule has 0 spiro atoms. The molecule has 0 saturated carbocycles. The van der Waals surface area contributed by atoms with Gasteiger partial charge in [0.2, 0.25) is 5.91 Å². The van der Waals surface area contributed by atoms with Crippen LogP contribution in [0.1, 0.15) is 72.0 Å². The molecule has 0 aromatic heterocycles. The van der Waals surface area contributed by atoms with Crippen LogP contribution >= 0.6 is 0 Å². The van der Waals surface area contributed by atoms with E-state index in [1.807, 2.05) is 60.0 Å². The number of urea groups is 1. The lowest BCUT2D eigenvalue weighted by Gasteiger charge is -2.33. The minimum absolute atomic E-state index is 0.0391. The first-order valence-corrected chi connectivity index (χ1v) is 13.1. The SMILES string of the molecule is CCC(=O)N1CCCC(NC(=O)Nc2cc(C(=O)N3CCC(c4ccc(C#N)cc4)CC3)ccc2C)C1. The molecule has 2 heterocycles. The van der Waals surface area contributed by atoms with Gasteiger partial charge in [0.25, 0.3) is 5.91 Å². The van der Waals surface area contributed by atoms with Crippen LogP contribution < -0.4 is 10.6 Å². The summed E-state index contributed by atoms with van der Waals surface area (Å²) in [5, 5.41) is 14.9. The molecule has 1 unspecified atom stereocenters. The van der Waals surface area contributed by atoms with Gasteiger partial charge in [-0.15, -0.1) is 0 Å². The zero-order chi connectivity index (χ0) is 26.4. The number of nitriles is 1. The average Bonchev–Trinajstić information content (AvgIpc) is 2.93. The van der Waals surface area contributed by atoms with Crippen molar-refractivity contribution in [3.05, 3.63) is 64.7 Å². The molecular weight excluding hydrogens is 466 g/mol. The lowest BCUT2D eigenvalue weighted by Crippen LogP contribution is -2.50. The second kappa shape index (κ2) is 11.9. The summed E-state index contributed by atoms with van der Waals surface area (Å²) >= 11 is 0. The maximum absolute atomic E-state index is 13.2. The predicted molar refractivity (Wildman–Crippen MR) is 142 cm³/mol. The molecular formula is C29H35N5O3. The Labute approximate surface area is 218 Å². The van der Waals surface area contributed by atoms with Gasteiger partial charge in [0.05, 0.1) is 11.6 Å². The van der Waals surface area contributed by atoms with E-state index >= 15 is 0 Å². The summed E-state index contributed by atoms with van der Waals surface area (Å²) < 4.78 is 0. The maximum atomic E-state index is 13.2. The Kier molecular flexibility index (Phi) is 8.44. The fourth-order valence-electron chi connectivity index (χ4n) is 5.21. The molecule has 194 valence electrons. The largest absolute Gasteiger partial charge is 0.341 e. The van der Waals surface area contributed by atoms with Crippen molar-refractivity contribution in [2.75, 3.05) is 31.5 Å². The van der Waals surface area contributed by atoms with E-state index in [0.29, 0.717) is 48.8 Å². The molecule has 2 N–H and O–H groups in total. The lowest BCUT2D eigenvalue weighted by atomic mass is 9.89. The molecule has 8 nitrogen and oxygen atoms in total. The number of anilines is 1. The number of carbonyl (C=O) groups excluding carboxylic acids is 3. The molecule has 2 aromatic carbocycles. The normalized spacial score (nSPS) is 18.1. The maximum Gasteiger partial charge on any atom is 0.319 e. The number of rotatable bonds is 5. The van der Waals surface area contributed by atoms with Gasteiger partial charge < -0.3 is 20.4 Å². The van der Waals surface area contributed by atoms with Gasteiger partial charge in [0.15, 0.2) is 0 Å². The van der Waals surface area contributed by atoms with E-state index in [1.165, 1.54) is 5.56 Å². The van der Waals surface area contributed by atoms with Crippen molar-refractivity contribution in [3.8, 4) is 6.07 Å². The van der Waals surface area contributed by atoms with Crippen LogP contribution in [0.5, 0.6) is 0 Å². The second-order valence-corrected chi connectivity index (χ2v) is 9.96. The van der Waals surface area contributed by atoms with Gasteiger partial charge in [0, 0.05) is 49.9 Å². The fraction of sp³-hybridized carbons (Fsp3) is 0.448. The van der Waals surface area contributed by atoms with E-state index in [0.717, 1.165) is 37.8 Å². The summed E-state index contributed by atoms with van der Waals surface area (Å²) in [6.07, 6.45) is 3.90. The van der Waals surface area contributed by atoms with Crippen molar-refractivity contribution in [2.24, 2.45) is 0 Å². The van der Waals surface area contributed by atoms with Gasteiger partial charge in [-0.1, -0.05) is 25.1 Å². The molecule has 2 aliphatic heterocycles. The highest BCUT2D eigenvalue weighted by Crippen LogP contribution is 2.29. The Morgan fingerprint density at radius 1 is 1.00 bits per heavy atom. The predicted octanol–water partition coefficient (Wildman–Crippen LogP) is 4.41. The number of carbonyl (C=O) groups is 3. The highest BCUT2D eigenvalue weighted by Gasteiger charge is 2.26. The summed E-state index contributed by atoms with van der Waals surface area (Å²) in [6.45, 7) is 6.33. The van der Waals surface area contributed by atoms with Crippen LogP contribution in [0, 0.1) is 18.3 Å². The van der Waals surface area contributed by atoms with Crippen LogP contribution in [0.2, 0.25) is 0 Å². The minimum atomic E-state index is -0.327. The Bertz CT molecular complexity index is 1180. The smallest absolute Gasteiger partial charge is 0.319 e. The zero-order valence-electron chi connectivity index (χ0n) is 21.6. The number of hydrogen-bond acceptors (Lipinski definition) is 4. The molecule has 2 aromatic rings. The first-order valence-electron chi connectivity index (χ1n) is 13.1. The van der Waals surface area contributed by atoms with E-state index in [9.17, 15) is 14.4 Å². The molecule has 2 aliphatic rings. The van der Waals surface area contributed by atoms with Crippen LogP contribution in [0.25, 0.3) is 0 Å². The van der Waals surface area contributed by atoms with E-state index in [1.54, 1.807) is 6.07 Å². The summed E-state index contributed by atoms with van der Waals surface area (Å²) in [7, 11) is 0. The van der Waals surface area contributed by atoms with Crippen molar-refractivity contribution in [2.45, 2.75) is 57.9 Å². The molecule has 0 radical (unpaired) electrons. The number of likely N-dealkylation sites (tertiary alicyclic amines) is 2. The van der Waals surface area contributed by atoms with Crippen molar-refractivity contribution < 1.29 is 14.4 Å². The van der Waals surface area contributed by atoms with Gasteiger partial charge in [-0.25, -0.2) is 4.79 Å². The van der Waals surface area contributed by atoms with Gasteiger partial charge in [-0.2, -0.15) is 5.26 Å². The fourth-order valence-corrected chi connectivity index (χ4v) is 5.21. The van der Waals surface area contributed by atoms with Crippen LogP contribution in [-0.2, 0) is 4.79 Å². The third-order valence-electron chi connectivity index (χ3n) is 7.44. The van der Waals surface area contributed by atoms with Crippen LogP contribution in [0.4, 0.5) is 10.5 Å². The average molecular weight is 502 g/mol. The monoisotopic (exact) mass is 501 g/mol. The van der Waals surface area contributed by atoms with Gasteiger partial charge in [-0.05, 0) is 73.9 Å². The first kappa shape index (κ1) is 26.2. The van der Waals surface area contributed by atoms with Gasteiger partial charge >= 0.3 is 6.03 Å². The van der Waals surface area contributed by atoms with Crippen LogP contribution in [0.15, 0.2) is 42.5 Å². The number of amides is 4. The molecule has 37 heavy (non-hydrogen) atoms. The van der Waals surface area contributed by atoms with Crippen molar-refractivity contribution in [1.29, 1.82) is 5.26 Å².